The standard InChI is InChI=1S/C22H23ClN4S.C4H8N2O/c1-13-17(10-11-22(3,4)5)28-21-19(13)20(15-6-8-16(23)9-7-15)26-12-18(25)27(21)14(2)24;1-3(5)7-4(2)6/h6-9,24-25H,12H2,1-5H3;5-6H,1-2H3. The lowest BCUT2D eigenvalue weighted by Gasteiger charge is -2.20. The molecule has 3 rings (SSSR count). The Morgan fingerprint density at radius 2 is 1.66 bits per heavy atom. The van der Waals surface area contributed by atoms with Gasteiger partial charge in [-0.2, -0.15) is 0 Å². The first-order valence-electron chi connectivity index (χ1n) is 10.9. The van der Waals surface area contributed by atoms with Crippen molar-refractivity contribution < 1.29 is 4.74 Å². The van der Waals surface area contributed by atoms with E-state index in [1.165, 1.54) is 25.2 Å². The van der Waals surface area contributed by atoms with E-state index in [1.807, 2.05) is 31.2 Å². The van der Waals surface area contributed by atoms with Crippen LogP contribution < -0.4 is 4.90 Å². The van der Waals surface area contributed by atoms with Crippen LogP contribution in [-0.2, 0) is 4.74 Å². The van der Waals surface area contributed by atoms with Gasteiger partial charge in [-0.3, -0.25) is 31.5 Å². The van der Waals surface area contributed by atoms with Gasteiger partial charge in [0, 0.05) is 35.4 Å². The maximum atomic E-state index is 8.44. The van der Waals surface area contributed by atoms with Crippen molar-refractivity contribution in [2.24, 2.45) is 10.4 Å². The molecule has 7 nitrogen and oxygen atoms in total. The highest BCUT2D eigenvalue weighted by molar-refractivity contribution is 7.17. The molecule has 184 valence electrons. The Bertz CT molecular complexity index is 1240. The van der Waals surface area contributed by atoms with Gasteiger partial charge in [0.25, 0.3) is 0 Å². The molecule has 2 heterocycles. The van der Waals surface area contributed by atoms with Crippen LogP contribution in [0.4, 0.5) is 5.00 Å². The molecule has 2 aromatic rings. The first-order chi connectivity index (χ1) is 16.2. The summed E-state index contributed by atoms with van der Waals surface area (Å²) in [7, 11) is 0. The highest BCUT2D eigenvalue weighted by Gasteiger charge is 2.29. The van der Waals surface area contributed by atoms with Crippen LogP contribution in [0.1, 0.15) is 63.1 Å². The van der Waals surface area contributed by atoms with Crippen LogP contribution in [0.25, 0.3) is 0 Å². The second-order valence-electron chi connectivity index (χ2n) is 8.99. The average Bonchev–Trinajstić information content (AvgIpc) is 2.94. The van der Waals surface area contributed by atoms with Crippen LogP contribution in [0.2, 0.25) is 5.02 Å². The number of ether oxygens (including phenoxy) is 1. The van der Waals surface area contributed by atoms with Crippen molar-refractivity contribution in [2.75, 3.05) is 11.4 Å². The van der Waals surface area contributed by atoms with Gasteiger partial charge in [-0.25, -0.2) is 0 Å². The van der Waals surface area contributed by atoms with E-state index in [9.17, 15) is 0 Å². The molecule has 0 amide bonds. The SMILES string of the molecule is CC(=N)N1C(=N)CN=C(c2ccc(Cl)cc2)c2c1sc(C#CC(C)(C)C)c2C.CC(=N)OC(C)=N. The first-order valence-corrected chi connectivity index (χ1v) is 12.1. The van der Waals surface area contributed by atoms with Crippen molar-refractivity contribution in [1.29, 1.82) is 21.6 Å². The monoisotopic (exact) mass is 510 g/mol. The van der Waals surface area contributed by atoms with Gasteiger partial charge in [0.2, 0.25) is 0 Å². The number of anilines is 1. The predicted molar refractivity (Wildman–Crippen MR) is 149 cm³/mol. The highest BCUT2D eigenvalue weighted by Crippen LogP contribution is 2.39. The zero-order valence-electron chi connectivity index (χ0n) is 21.1. The summed E-state index contributed by atoms with van der Waals surface area (Å²) in [5.41, 5.74) is 3.63. The Morgan fingerprint density at radius 1 is 1.09 bits per heavy atom. The predicted octanol–water partition coefficient (Wildman–Crippen LogP) is 6.74. The van der Waals surface area contributed by atoms with E-state index in [0.29, 0.717) is 10.9 Å². The molecule has 1 aliphatic rings. The molecule has 1 aliphatic heterocycles. The number of halogens is 1. The summed E-state index contributed by atoms with van der Waals surface area (Å²) in [6.45, 7) is 13.2. The van der Waals surface area contributed by atoms with E-state index in [4.69, 9.17) is 38.2 Å². The maximum absolute atomic E-state index is 8.44. The van der Waals surface area contributed by atoms with E-state index in [0.717, 1.165) is 32.3 Å². The molecular weight excluding hydrogens is 480 g/mol. The van der Waals surface area contributed by atoms with Crippen LogP contribution in [0.3, 0.4) is 0 Å². The van der Waals surface area contributed by atoms with Crippen LogP contribution in [0.5, 0.6) is 0 Å². The molecule has 0 aliphatic carbocycles. The van der Waals surface area contributed by atoms with Gasteiger partial charge in [0.15, 0.2) is 11.8 Å². The zero-order valence-corrected chi connectivity index (χ0v) is 22.7. The molecule has 9 heteroatoms. The summed E-state index contributed by atoms with van der Waals surface area (Å²) in [5, 5.41) is 31.5. The van der Waals surface area contributed by atoms with Crippen LogP contribution in [-0.4, -0.2) is 35.7 Å². The fourth-order valence-electron chi connectivity index (χ4n) is 3.15. The minimum Gasteiger partial charge on any atom is -0.430 e. The second kappa shape index (κ2) is 11.4. The Kier molecular flexibility index (Phi) is 9.13. The third kappa shape index (κ3) is 7.61. The maximum Gasteiger partial charge on any atom is 0.185 e. The number of fused-ring (bicyclic) bond motifs is 1. The molecule has 0 saturated heterocycles. The topological polar surface area (TPSA) is 120 Å². The van der Waals surface area contributed by atoms with Gasteiger partial charge < -0.3 is 4.74 Å². The van der Waals surface area contributed by atoms with Gasteiger partial charge in [-0.05, 0) is 52.3 Å². The quantitative estimate of drug-likeness (QED) is 0.193. The normalized spacial score (nSPS) is 12.7. The number of amidine groups is 2. The Hall–Kier alpha value is -3.28. The molecule has 0 atom stereocenters. The Morgan fingerprint density at radius 3 is 2.11 bits per heavy atom. The first kappa shape index (κ1) is 28.0. The van der Waals surface area contributed by atoms with Gasteiger partial charge >= 0.3 is 0 Å². The van der Waals surface area contributed by atoms with Gasteiger partial charge in [0.1, 0.15) is 16.7 Å². The fourth-order valence-corrected chi connectivity index (χ4v) is 4.52. The number of aliphatic imine (C=N–C) groups is 1. The van der Waals surface area contributed by atoms with E-state index in [2.05, 4.69) is 37.3 Å². The fraction of sp³-hybridized carbons (Fsp3) is 0.346. The molecule has 0 saturated carbocycles. The zero-order chi connectivity index (χ0) is 26.5. The van der Waals surface area contributed by atoms with Crippen molar-refractivity contribution in [2.45, 2.75) is 48.5 Å². The molecule has 35 heavy (non-hydrogen) atoms. The summed E-state index contributed by atoms with van der Waals surface area (Å²) < 4.78 is 4.42. The van der Waals surface area contributed by atoms with Gasteiger partial charge in [-0.15, -0.1) is 11.3 Å². The molecule has 1 aromatic carbocycles. The molecule has 0 radical (unpaired) electrons. The van der Waals surface area contributed by atoms with E-state index in [1.54, 1.807) is 11.8 Å². The second-order valence-corrected chi connectivity index (χ2v) is 10.4. The van der Waals surface area contributed by atoms with Gasteiger partial charge in [0.05, 0.1) is 17.1 Å². The summed E-state index contributed by atoms with van der Waals surface area (Å²) in [5.74, 6) is 7.32. The summed E-state index contributed by atoms with van der Waals surface area (Å²) in [6.07, 6.45) is 0. The Balaban J connectivity index is 0.000000540. The van der Waals surface area contributed by atoms with Crippen LogP contribution >= 0.6 is 22.9 Å². The van der Waals surface area contributed by atoms with Crippen molar-refractivity contribution in [3.05, 3.63) is 50.9 Å². The lowest BCUT2D eigenvalue weighted by molar-refractivity contribution is 0.526. The van der Waals surface area contributed by atoms with Crippen molar-refractivity contribution in [3.8, 4) is 11.8 Å². The van der Waals surface area contributed by atoms with Crippen molar-refractivity contribution in [1.82, 2.24) is 0 Å². The molecule has 0 unspecified atom stereocenters. The lowest BCUT2D eigenvalue weighted by atomic mass is 9.97. The smallest absolute Gasteiger partial charge is 0.185 e. The third-order valence-electron chi connectivity index (χ3n) is 4.54. The van der Waals surface area contributed by atoms with Crippen LogP contribution in [0.15, 0.2) is 29.3 Å². The number of hydrogen-bond acceptors (Lipinski definition) is 7. The molecule has 0 fully saturated rings. The molecular formula is C26H31ClN6OS. The summed E-state index contributed by atoms with van der Waals surface area (Å²) >= 11 is 7.59. The minimum absolute atomic E-state index is 0.0625. The number of hydrogen-bond donors (Lipinski definition) is 4. The summed E-state index contributed by atoms with van der Waals surface area (Å²) in [4.78, 5) is 7.35. The number of thiophene rings is 1. The largest absolute Gasteiger partial charge is 0.430 e. The number of rotatable bonds is 1. The Labute approximate surface area is 216 Å². The summed E-state index contributed by atoms with van der Waals surface area (Å²) in [6, 6.07) is 7.58. The van der Waals surface area contributed by atoms with E-state index < -0.39 is 0 Å². The minimum atomic E-state index is -0.106. The average molecular weight is 511 g/mol. The molecule has 0 bridgehead atoms. The number of nitrogens with one attached hydrogen (secondary N) is 4. The third-order valence-corrected chi connectivity index (χ3v) is 5.98. The molecule has 4 N–H and O–H groups in total. The lowest BCUT2D eigenvalue weighted by Crippen LogP contribution is -2.35. The molecule has 1 aromatic heterocycles. The van der Waals surface area contributed by atoms with Crippen molar-refractivity contribution in [3.63, 3.8) is 0 Å². The molecule has 0 spiro atoms. The van der Waals surface area contributed by atoms with E-state index >= 15 is 0 Å². The van der Waals surface area contributed by atoms with E-state index in [-0.39, 0.29) is 29.6 Å². The van der Waals surface area contributed by atoms with Crippen molar-refractivity contribution >= 4 is 57.1 Å². The number of nitrogens with zero attached hydrogens (tertiary/aromatic N) is 2. The number of benzene rings is 1. The van der Waals surface area contributed by atoms with Crippen LogP contribution in [0, 0.1) is 45.8 Å². The van der Waals surface area contributed by atoms with Gasteiger partial charge in [-0.1, -0.05) is 35.6 Å². The highest BCUT2D eigenvalue weighted by atomic mass is 35.5.